The van der Waals surface area contributed by atoms with Gasteiger partial charge in [0.2, 0.25) is 17.5 Å². The lowest BCUT2D eigenvalue weighted by Crippen LogP contribution is -2.50. The van der Waals surface area contributed by atoms with Gasteiger partial charge in [-0.15, -0.1) is 0 Å². The normalized spacial score (nSPS) is 15.5. The van der Waals surface area contributed by atoms with Gasteiger partial charge in [0.05, 0.1) is 24.8 Å². The number of piperazine rings is 1. The fraction of sp³-hybridized carbons (Fsp3) is 0.500. The van der Waals surface area contributed by atoms with Crippen LogP contribution < -0.4 is 4.90 Å². The van der Waals surface area contributed by atoms with Crippen molar-refractivity contribution in [1.29, 1.82) is 10.5 Å². The first-order valence-corrected chi connectivity index (χ1v) is 9.65. The Balaban J connectivity index is 1.59. The standard InChI is InChI=1S/C20H24N6O3/c1-3-25(13-15(2)11-21)18(27)14-24-6-8-26(9-7-24)20-16(12-22)23-19(29-20)17-5-4-10-28-17/h4-5,10,15H,3,6-9,13-14H2,1-2H3. The number of furan rings is 1. The van der Waals surface area contributed by atoms with Crippen LogP contribution in [0.5, 0.6) is 0 Å². The Morgan fingerprint density at radius 1 is 1.34 bits per heavy atom. The molecule has 1 atom stereocenters. The van der Waals surface area contributed by atoms with Crippen LogP contribution >= 0.6 is 0 Å². The molecule has 152 valence electrons. The summed E-state index contributed by atoms with van der Waals surface area (Å²) >= 11 is 0. The van der Waals surface area contributed by atoms with E-state index in [2.05, 4.69) is 22.0 Å². The van der Waals surface area contributed by atoms with E-state index in [1.54, 1.807) is 17.0 Å². The number of carbonyl (C=O) groups excluding carboxylic acids is 1. The van der Waals surface area contributed by atoms with Crippen molar-refractivity contribution in [2.45, 2.75) is 13.8 Å². The van der Waals surface area contributed by atoms with Gasteiger partial charge < -0.3 is 18.6 Å². The van der Waals surface area contributed by atoms with Gasteiger partial charge in [0.1, 0.15) is 6.07 Å². The number of oxazole rings is 1. The van der Waals surface area contributed by atoms with Crippen molar-refractivity contribution in [3.63, 3.8) is 0 Å². The Morgan fingerprint density at radius 2 is 2.10 bits per heavy atom. The molecule has 3 rings (SSSR count). The molecular weight excluding hydrogens is 372 g/mol. The number of rotatable bonds is 7. The largest absolute Gasteiger partial charge is 0.459 e. The summed E-state index contributed by atoms with van der Waals surface area (Å²) in [6, 6.07) is 7.71. The van der Waals surface area contributed by atoms with Crippen LogP contribution in [0.25, 0.3) is 11.7 Å². The molecule has 0 bridgehead atoms. The van der Waals surface area contributed by atoms with Gasteiger partial charge in [-0.3, -0.25) is 9.69 Å². The van der Waals surface area contributed by atoms with E-state index in [9.17, 15) is 10.1 Å². The van der Waals surface area contributed by atoms with Crippen LogP contribution in [0.1, 0.15) is 19.5 Å². The molecule has 0 aromatic carbocycles. The SMILES string of the molecule is CCN(CC(C)C#N)C(=O)CN1CCN(c2oc(-c3ccco3)nc2C#N)CC1. The first-order chi connectivity index (χ1) is 14.0. The molecular formula is C20H24N6O3. The van der Waals surface area contributed by atoms with Gasteiger partial charge in [0.15, 0.2) is 5.76 Å². The molecule has 1 unspecified atom stereocenters. The van der Waals surface area contributed by atoms with Gasteiger partial charge >= 0.3 is 0 Å². The summed E-state index contributed by atoms with van der Waals surface area (Å²) in [4.78, 5) is 22.5. The number of carbonyl (C=O) groups is 1. The smallest absolute Gasteiger partial charge is 0.266 e. The third-order valence-corrected chi connectivity index (χ3v) is 4.91. The number of likely N-dealkylation sites (N-methyl/N-ethyl adjacent to an activating group) is 1. The minimum atomic E-state index is -0.185. The van der Waals surface area contributed by atoms with Crippen LogP contribution in [0.15, 0.2) is 27.2 Å². The van der Waals surface area contributed by atoms with Crippen molar-refractivity contribution in [3.05, 3.63) is 24.1 Å². The monoisotopic (exact) mass is 396 g/mol. The second-order valence-electron chi connectivity index (χ2n) is 6.99. The third kappa shape index (κ3) is 4.76. The summed E-state index contributed by atoms with van der Waals surface area (Å²) in [6.45, 7) is 7.66. The quantitative estimate of drug-likeness (QED) is 0.697. The minimum Gasteiger partial charge on any atom is -0.459 e. The Kier molecular flexibility index (Phi) is 6.53. The molecule has 1 saturated heterocycles. The van der Waals surface area contributed by atoms with E-state index in [4.69, 9.17) is 14.1 Å². The summed E-state index contributed by atoms with van der Waals surface area (Å²) in [5.41, 5.74) is 0.226. The number of hydrogen-bond acceptors (Lipinski definition) is 8. The molecule has 2 aromatic rings. The van der Waals surface area contributed by atoms with E-state index in [-0.39, 0.29) is 23.4 Å². The van der Waals surface area contributed by atoms with Gasteiger partial charge in [0.25, 0.3) is 5.89 Å². The Bertz CT molecular complexity index is 900. The summed E-state index contributed by atoms with van der Waals surface area (Å²) < 4.78 is 11.1. The lowest BCUT2D eigenvalue weighted by Gasteiger charge is -2.35. The Morgan fingerprint density at radius 3 is 2.69 bits per heavy atom. The molecule has 0 radical (unpaired) electrons. The number of anilines is 1. The number of aromatic nitrogens is 1. The van der Waals surface area contributed by atoms with E-state index in [0.717, 1.165) is 0 Å². The summed E-state index contributed by atoms with van der Waals surface area (Å²) in [7, 11) is 0. The zero-order valence-corrected chi connectivity index (χ0v) is 16.7. The molecule has 1 fully saturated rings. The second-order valence-corrected chi connectivity index (χ2v) is 6.99. The lowest BCUT2D eigenvalue weighted by molar-refractivity contribution is -0.132. The van der Waals surface area contributed by atoms with E-state index in [1.165, 1.54) is 6.26 Å². The maximum absolute atomic E-state index is 12.6. The van der Waals surface area contributed by atoms with E-state index in [1.807, 2.05) is 18.7 Å². The molecule has 1 aliphatic heterocycles. The first-order valence-electron chi connectivity index (χ1n) is 9.65. The highest BCUT2D eigenvalue weighted by Gasteiger charge is 2.27. The average molecular weight is 396 g/mol. The van der Waals surface area contributed by atoms with Crippen LogP contribution in [0, 0.1) is 28.6 Å². The third-order valence-electron chi connectivity index (χ3n) is 4.91. The van der Waals surface area contributed by atoms with Crippen LogP contribution in [0.2, 0.25) is 0 Å². The van der Waals surface area contributed by atoms with Gasteiger partial charge in [-0.1, -0.05) is 0 Å². The zero-order valence-electron chi connectivity index (χ0n) is 16.7. The van der Waals surface area contributed by atoms with E-state index >= 15 is 0 Å². The van der Waals surface area contributed by atoms with Crippen molar-refractivity contribution in [2.24, 2.45) is 5.92 Å². The Hall–Kier alpha value is -3.30. The molecule has 1 amide bonds. The summed E-state index contributed by atoms with van der Waals surface area (Å²) in [5, 5.41) is 18.4. The van der Waals surface area contributed by atoms with Crippen molar-refractivity contribution in [1.82, 2.24) is 14.8 Å². The van der Waals surface area contributed by atoms with Crippen molar-refractivity contribution in [3.8, 4) is 23.8 Å². The van der Waals surface area contributed by atoms with Crippen LogP contribution in [0.4, 0.5) is 5.88 Å². The molecule has 0 aliphatic carbocycles. The van der Waals surface area contributed by atoms with Gasteiger partial charge in [-0.2, -0.15) is 15.5 Å². The first kappa shape index (κ1) is 20.4. The molecule has 0 saturated carbocycles. The molecule has 3 heterocycles. The fourth-order valence-corrected chi connectivity index (χ4v) is 3.28. The molecule has 0 N–H and O–H groups in total. The maximum Gasteiger partial charge on any atom is 0.266 e. The fourth-order valence-electron chi connectivity index (χ4n) is 3.28. The van der Waals surface area contributed by atoms with Gasteiger partial charge in [-0.05, 0) is 26.0 Å². The van der Waals surface area contributed by atoms with E-state index in [0.29, 0.717) is 57.5 Å². The van der Waals surface area contributed by atoms with Gasteiger partial charge in [-0.25, -0.2) is 0 Å². The van der Waals surface area contributed by atoms with Gasteiger partial charge in [0, 0.05) is 39.3 Å². The topological polar surface area (TPSA) is 114 Å². The van der Waals surface area contributed by atoms with Crippen molar-refractivity contribution in [2.75, 3.05) is 50.7 Å². The number of hydrogen-bond donors (Lipinski definition) is 0. The van der Waals surface area contributed by atoms with Crippen LogP contribution in [-0.2, 0) is 4.79 Å². The predicted molar refractivity (Wildman–Crippen MR) is 105 cm³/mol. The predicted octanol–water partition coefficient (Wildman–Crippen LogP) is 1.94. The highest BCUT2D eigenvalue weighted by Crippen LogP contribution is 2.29. The maximum atomic E-state index is 12.6. The van der Waals surface area contributed by atoms with Crippen LogP contribution in [0.3, 0.4) is 0 Å². The highest BCUT2D eigenvalue weighted by atomic mass is 16.4. The summed E-state index contributed by atoms with van der Waals surface area (Å²) in [6.07, 6.45) is 1.53. The second kappa shape index (κ2) is 9.26. The number of nitrogens with zero attached hydrogens (tertiary/aromatic N) is 6. The molecule has 9 nitrogen and oxygen atoms in total. The van der Waals surface area contributed by atoms with Crippen LogP contribution in [-0.4, -0.2) is 66.5 Å². The lowest BCUT2D eigenvalue weighted by atomic mass is 10.2. The summed E-state index contributed by atoms with van der Waals surface area (Å²) in [5.74, 6) is 1.03. The van der Waals surface area contributed by atoms with E-state index < -0.39 is 0 Å². The van der Waals surface area contributed by atoms with Crippen molar-refractivity contribution >= 4 is 11.8 Å². The molecule has 0 spiro atoms. The minimum absolute atomic E-state index is 0.0283. The number of nitriles is 2. The molecule has 9 heteroatoms. The molecule has 29 heavy (non-hydrogen) atoms. The average Bonchev–Trinajstić information content (AvgIpc) is 3.41. The zero-order chi connectivity index (χ0) is 20.8. The van der Waals surface area contributed by atoms with Crippen molar-refractivity contribution < 1.29 is 13.6 Å². The number of amides is 1. The molecule has 1 aliphatic rings. The highest BCUT2D eigenvalue weighted by molar-refractivity contribution is 5.78. The Labute approximate surface area is 169 Å². The molecule has 2 aromatic heterocycles.